The molecule has 1 amide bonds. The molecule has 0 spiro atoms. The average molecular weight is 363 g/mol. The normalized spacial score (nSPS) is 21.4. The molecule has 3 aliphatic rings. The Morgan fingerprint density at radius 2 is 1.67 bits per heavy atom. The van der Waals surface area contributed by atoms with Gasteiger partial charge in [0.25, 0.3) is 0 Å². The number of esters is 1. The number of fused-ring (bicyclic) bond motifs is 3. The highest BCUT2D eigenvalue weighted by atomic mass is 16.6. The van der Waals surface area contributed by atoms with Gasteiger partial charge < -0.3 is 9.47 Å². The first-order valence-corrected chi connectivity index (χ1v) is 9.52. The molecule has 2 aliphatic carbocycles. The van der Waals surface area contributed by atoms with Gasteiger partial charge in [0.1, 0.15) is 12.6 Å². The lowest BCUT2D eigenvalue weighted by atomic mass is 9.79. The average Bonchev–Trinajstić information content (AvgIpc) is 3.18. The highest BCUT2D eigenvalue weighted by molar-refractivity contribution is 5.84. The van der Waals surface area contributed by atoms with Gasteiger partial charge in [0.15, 0.2) is 6.73 Å². The lowest BCUT2D eigenvalue weighted by Crippen LogP contribution is -2.45. The summed E-state index contributed by atoms with van der Waals surface area (Å²) in [6.07, 6.45) is 2.58. The van der Waals surface area contributed by atoms with Crippen molar-refractivity contribution in [2.45, 2.75) is 31.2 Å². The topological polar surface area (TPSA) is 55.8 Å². The van der Waals surface area contributed by atoms with Gasteiger partial charge >= 0.3 is 12.1 Å². The molecule has 1 aliphatic heterocycles. The molecule has 0 aromatic heterocycles. The molecule has 0 radical (unpaired) electrons. The second-order valence-electron chi connectivity index (χ2n) is 7.50. The van der Waals surface area contributed by atoms with Crippen molar-refractivity contribution >= 4 is 12.1 Å². The van der Waals surface area contributed by atoms with Crippen LogP contribution in [0.2, 0.25) is 0 Å². The second-order valence-corrected chi connectivity index (χ2v) is 7.50. The van der Waals surface area contributed by atoms with Gasteiger partial charge in [-0.2, -0.15) is 0 Å². The van der Waals surface area contributed by atoms with Crippen LogP contribution in [0.4, 0.5) is 4.79 Å². The number of rotatable bonds is 3. The van der Waals surface area contributed by atoms with E-state index in [1.807, 2.05) is 24.3 Å². The summed E-state index contributed by atoms with van der Waals surface area (Å²) in [6.45, 7) is 0.256. The van der Waals surface area contributed by atoms with Gasteiger partial charge in [0.2, 0.25) is 0 Å². The Kier molecular flexibility index (Phi) is 3.88. The minimum Gasteiger partial charge on any atom is -0.448 e. The molecule has 1 saturated carbocycles. The molecule has 1 unspecified atom stereocenters. The van der Waals surface area contributed by atoms with Crippen LogP contribution in [0.25, 0.3) is 11.1 Å². The van der Waals surface area contributed by atoms with Crippen molar-refractivity contribution in [2.75, 3.05) is 13.3 Å². The fourth-order valence-electron chi connectivity index (χ4n) is 4.47. The van der Waals surface area contributed by atoms with Crippen LogP contribution in [-0.2, 0) is 14.3 Å². The maximum Gasteiger partial charge on any atom is 0.413 e. The van der Waals surface area contributed by atoms with Crippen LogP contribution in [0, 0.1) is 5.92 Å². The fraction of sp³-hybridized carbons (Fsp3) is 0.364. The van der Waals surface area contributed by atoms with Crippen LogP contribution in [0.5, 0.6) is 0 Å². The van der Waals surface area contributed by atoms with Crippen LogP contribution in [0.3, 0.4) is 0 Å². The molecule has 1 heterocycles. The summed E-state index contributed by atoms with van der Waals surface area (Å²) in [5.74, 6) is -0.0728. The number of carbonyl (C=O) groups is 2. The Labute approximate surface area is 157 Å². The second kappa shape index (κ2) is 6.41. The van der Waals surface area contributed by atoms with Gasteiger partial charge in [0, 0.05) is 5.92 Å². The third-order valence-corrected chi connectivity index (χ3v) is 6.09. The minimum atomic E-state index is -0.477. The monoisotopic (exact) mass is 363 g/mol. The summed E-state index contributed by atoms with van der Waals surface area (Å²) in [5.41, 5.74) is 4.74. The Morgan fingerprint density at radius 3 is 2.26 bits per heavy atom. The molecule has 5 heteroatoms. The van der Waals surface area contributed by atoms with Crippen molar-refractivity contribution in [3.63, 3.8) is 0 Å². The van der Waals surface area contributed by atoms with E-state index in [9.17, 15) is 9.59 Å². The standard InChI is InChI=1S/C22H21NO4/c24-21-20(14-6-5-7-14)23(13-27-21)22(25)26-12-19-17-10-3-1-8-15(17)16-9-2-4-11-18(16)19/h1-4,8-11,14,19-20H,5-7,12-13H2. The first-order valence-electron chi connectivity index (χ1n) is 9.52. The van der Waals surface area contributed by atoms with E-state index in [0.717, 1.165) is 19.3 Å². The number of cyclic esters (lactones) is 1. The highest BCUT2D eigenvalue weighted by Gasteiger charge is 2.46. The van der Waals surface area contributed by atoms with E-state index >= 15 is 0 Å². The van der Waals surface area contributed by atoms with E-state index in [1.165, 1.54) is 27.2 Å². The van der Waals surface area contributed by atoms with Crippen molar-refractivity contribution in [3.05, 3.63) is 59.7 Å². The summed E-state index contributed by atoms with van der Waals surface area (Å²) in [5, 5.41) is 0. The highest BCUT2D eigenvalue weighted by Crippen LogP contribution is 2.44. The van der Waals surface area contributed by atoms with E-state index in [2.05, 4.69) is 24.3 Å². The molecule has 2 aromatic rings. The minimum absolute atomic E-state index is 0.00330. The Balaban J connectivity index is 1.34. The van der Waals surface area contributed by atoms with E-state index < -0.39 is 12.1 Å². The van der Waals surface area contributed by atoms with Gasteiger partial charge in [-0.05, 0) is 41.0 Å². The molecule has 1 saturated heterocycles. The molecule has 0 N–H and O–H groups in total. The van der Waals surface area contributed by atoms with Gasteiger partial charge in [-0.15, -0.1) is 0 Å². The van der Waals surface area contributed by atoms with E-state index in [-0.39, 0.29) is 31.1 Å². The third-order valence-electron chi connectivity index (χ3n) is 6.09. The summed E-state index contributed by atoms with van der Waals surface area (Å²) < 4.78 is 10.8. The van der Waals surface area contributed by atoms with Crippen LogP contribution in [0.1, 0.15) is 36.3 Å². The smallest absolute Gasteiger partial charge is 0.413 e. The van der Waals surface area contributed by atoms with Gasteiger partial charge in [-0.1, -0.05) is 55.0 Å². The van der Waals surface area contributed by atoms with Crippen molar-refractivity contribution in [1.82, 2.24) is 4.90 Å². The molecule has 0 bridgehead atoms. The molecule has 138 valence electrons. The van der Waals surface area contributed by atoms with Gasteiger partial charge in [0.05, 0.1) is 0 Å². The number of hydrogen-bond donors (Lipinski definition) is 0. The summed E-state index contributed by atoms with van der Waals surface area (Å²) in [7, 11) is 0. The SMILES string of the molecule is O=C1OCN(C(=O)OCC2c3ccccc3-c3ccccc32)C1C1CCC1. The summed E-state index contributed by atoms with van der Waals surface area (Å²) in [4.78, 5) is 26.2. The Bertz CT molecular complexity index is 859. The number of ether oxygens (including phenoxy) is 2. The predicted octanol–water partition coefficient (Wildman–Crippen LogP) is 3.92. The Morgan fingerprint density at radius 1 is 1.04 bits per heavy atom. The molecule has 2 fully saturated rings. The first-order chi connectivity index (χ1) is 13.2. The lowest BCUT2D eigenvalue weighted by Gasteiger charge is -2.33. The van der Waals surface area contributed by atoms with Crippen LogP contribution in [0.15, 0.2) is 48.5 Å². The van der Waals surface area contributed by atoms with Crippen LogP contribution >= 0.6 is 0 Å². The quantitative estimate of drug-likeness (QED) is 0.776. The zero-order valence-electron chi connectivity index (χ0n) is 15.0. The van der Waals surface area contributed by atoms with E-state index in [0.29, 0.717) is 0 Å². The Hall–Kier alpha value is -2.82. The van der Waals surface area contributed by atoms with Crippen LogP contribution < -0.4 is 0 Å². The van der Waals surface area contributed by atoms with Crippen molar-refractivity contribution < 1.29 is 19.1 Å². The number of amides is 1. The van der Waals surface area contributed by atoms with E-state index in [4.69, 9.17) is 9.47 Å². The molecule has 2 aromatic carbocycles. The number of carbonyl (C=O) groups excluding carboxylic acids is 2. The maximum absolute atomic E-state index is 12.7. The number of hydrogen-bond acceptors (Lipinski definition) is 4. The zero-order valence-corrected chi connectivity index (χ0v) is 15.0. The van der Waals surface area contributed by atoms with Gasteiger partial charge in [-0.3, -0.25) is 4.90 Å². The summed E-state index contributed by atoms with van der Waals surface area (Å²) in [6, 6.07) is 16.0. The first kappa shape index (κ1) is 16.4. The molecular weight excluding hydrogens is 342 g/mol. The molecule has 27 heavy (non-hydrogen) atoms. The fourth-order valence-corrected chi connectivity index (χ4v) is 4.47. The number of benzene rings is 2. The van der Waals surface area contributed by atoms with Gasteiger partial charge in [-0.25, -0.2) is 9.59 Å². The van der Waals surface area contributed by atoms with Crippen molar-refractivity contribution in [2.24, 2.45) is 5.92 Å². The lowest BCUT2D eigenvalue weighted by molar-refractivity contribution is -0.140. The number of nitrogens with zero attached hydrogens (tertiary/aromatic N) is 1. The van der Waals surface area contributed by atoms with Crippen molar-refractivity contribution in [3.8, 4) is 11.1 Å². The van der Waals surface area contributed by atoms with E-state index in [1.54, 1.807) is 0 Å². The molecule has 5 nitrogen and oxygen atoms in total. The summed E-state index contributed by atoms with van der Waals surface area (Å²) >= 11 is 0. The molecular formula is C22H21NO4. The van der Waals surface area contributed by atoms with Crippen LogP contribution in [-0.4, -0.2) is 36.3 Å². The zero-order chi connectivity index (χ0) is 18.4. The third kappa shape index (κ3) is 2.60. The largest absolute Gasteiger partial charge is 0.448 e. The predicted molar refractivity (Wildman–Crippen MR) is 99.0 cm³/mol. The molecule has 5 rings (SSSR count). The van der Waals surface area contributed by atoms with Crippen molar-refractivity contribution in [1.29, 1.82) is 0 Å². The molecule has 1 atom stereocenters. The maximum atomic E-state index is 12.7.